The van der Waals surface area contributed by atoms with Gasteiger partial charge in [0.15, 0.2) is 4.34 Å². The molecule has 1 aliphatic heterocycles. The Hall–Kier alpha value is -2.13. The van der Waals surface area contributed by atoms with Crippen molar-refractivity contribution in [1.29, 1.82) is 0 Å². The molecule has 1 N–H and O–H groups in total. The van der Waals surface area contributed by atoms with Gasteiger partial charge in [-0.05, 0) is 5.56 Å². The second kappa shape index (κ2) is 7.42. The van der Waals surface area contributed by atoms with Gasteiger partial charge in [0, 0.05) is 6.54 Å². The number of cyclic esters (lactones) is 1. The molecule has 23 heavy (non-hydrogen) atoms. The number of hydrogen-bond acceptors (Lipinski definition) is 8. The van der Waals surface area contributed by atoms with E-state index in [4.69, 9.17) is 4.74 Å². The fraction of sp³-hybridized carbons (Fsp3) is 0.286. The summed E-state index contributed by atoms with van der Waals surface area (Å²) in [6, 6.07) is 9.98. The molecule has 1 aromatic carbocycles. The van der Waals surface area contributed by atoms with E-state index < -0.39 is 6.09 Å². The van der Waals surface area contributed by atoms with Crippen LogP contribution in [0.25, 0.3) is 0 Å². The molecule has 0 saturated carbocycles. The average molecular weight is 350 g/mol. The summed E-state index contributed by atoms with van der Waals surface area (Å²) in [4.78, 5) is 24.3. The van der Waals surface area contributed by atoms with Crippen LogP contribution >= 0.6 is 23.1 Å². The second-order valence-corrected chi connectivity index (χ2v) is 6.86. The van der Waals surface area contributed by atoms with Crippen LogP contribution in [0.3, 0.4) is 0 Å². The van der Waals surface area contributed by atoms with Crippen molar-refractivity contribution in [1.82, 2.24) is 15.1 Å². The molecule has 0 spiro atoms. The molecule has 0 bridgehead atoms. The minimum Gasteiger partial charge on any atom is -0.447 e. The molecular formula is C14H14N4O3S2. The molecule has 120 valence electrons. The van der Waals surface area contributed by atoms with Gasteiger partial charge >= 0.3 is 6.09 Å². The van der Waals surface area contributed by atoms with Crippen molar-refractivity contribution in [3.8, 4) is 0 Å². The molecular weight excluding hydrogens is 336 g/mol. The third kappa shape index (κ3) is 4.20. The lowest BCUT2D eigenvalue weighted by Crippen LogP contribution is -2.32. The summed E-state index contributed by atoms with van der Waals surface area (Å²) in [5, 5.41) is 12.0. The highest BCUT2D eigenvalue weighted by Gasteiger charge is 2.28. The first kappa shape index (κ1) is 15.8. The van der Waals surface area contributed by atoms with Crippen LogP contribution in [0.4, 0.5) is 9.93 Å². The number of ether oxygens (including phenoxy) is 1. The van der Waals surface area contributed by atoms with E-state index in [2.05, 4.69) is 15.5 Å². The smallest absolute Gasteiger partial charge is 0.416 e. The van der Waals surface area contributed by atoms with Gasteiger partial charge in [-0.1, -0.05) is 53.4 Å². The molecule has 7 nitrogen and oxygen atoms in total. The summed E-state index contributed by atoms with van der Waals surface area (Å²) in [6.07, 6.45) is -0.571. The van der Waals surface area contributed by atoms with Gasteiger partial charge in [-0.25, -0.2) is 9.69 Å². The van der Waals surface area contributed by atoms with Crippen LogP contribution in [0.2, 0.25) is 0 Å². The monoisotopic (exact) mass is 350 g/mol. The number of thioether (sulfide) groups is 1. The molecule has 1 aliphatic rings. The van der Waals surface area contributed by atoms with E-state index in [-0.39, 0.29) is 18.3 Å². The van der Waals surface area contributed by atoms with Gasteiger partial charge in [-0.3, -0.25) is 4.79 Å². The van der Waals surface area contributed by atoms with Crippen molar-refractivity contribution >= 4 is 40.2 Å². The first-order chi connectivity index (χ1) is 11.2. The molecule has 1 fully saturated rings. The van der Waals surface area contributed by atoms with Crippen molar-refractivity contribution in [2.75, 3.05) is 24.2 Å². The zero-order chi connectivity index (χ0) is 16.1. The number of anilines is 1. The topological polar surface area (TPSA) is 84.4 Å². The van der Waals surface area contributed by atoms with Crippen molar-refractivity contribution < 1.29 is 14.3 Å². The average Bonchev–Trinajstić information content (AvgIpc) is 3.20. The highest BCUT2D eigenvalue weighted by Crippen LogP contribution is 2.26. The Morgan fingerprint density at radius 3 is 2.91 bits per heavy atom. The minimum atomic E-state index is -0.571. The fourth-order valence-electron chi connectivity index (χ4n) is 1.93. The predicted molar refractivity (Wildman–Crippen MR) is 87.5 cm³/mol. The van der Waals surface area contributed by atoms with E-state index in [0.717, 1.165) is 10.5 Å². The Bertz CT molecular complexity index is 692. The van der Waals surface area contributed by atoms with E-state index in [1.54, 1.807) is 0 Å². The normalized spacial score (nSPS) is 13.9. The maximum absolute atomic E-state index is 11.9. The standard InChI is InChI=1S/C14H14N4O3S2/c19-11(18-6-7-21-14(18)20)9-22-13-17-16-12(23-13)15-8-10-4-2-1-3-5-10/h1-5H,6-9H2,(H,15,16). The van der Waals surface area contributed by atoms with Gasteiger partial charge < -0.3 is 10.1 Å². The van der Waals surface area contributed by atoms with Crippen LogP contribution in [0, 0.1) is 0 Å². The molecule has 0 atom stereocenters. The van der Waals surface area contributed by atoms with Crippen LogP contribution in [0.1, 0.15) is 5.56 Å². The summed E-state index contributed by atoms with van der Waals surface area (Å²) >= 11 is 2.65. The molecule has 9 heteroatoms. The number of amides is 2. The Morgan fingerprint density at radius 1 is 1.35 bits per heavy atom. The summed E-state index contributed by atoms with van der Waals surface area (Å²) in [7, 11) is 0. The third-order valence-electron chi connectivity index (χ3n) is 3.07. The fourth-order valence-corrected chi connectivity index (χ4v) is 3.56. The minimum absolute atomic E-state index is 0.141. The van der Waals surface area contributed by atoms with E-state index in [1.807, 2.05) is 30.3 Å². The summed E-state index contributed by atoms with van der Waals surface area (Å²) < 4.78 is 5.42. The van der Waals surface area contributed by atoms with E-state index in [9.17, 15) is 9.59 Å². The molecule has 2 amide bonds. The van der Waals surface area contributed by atoms with Crippen molar-refractivity contribution in [2.45, 2.75) is 10.9 Å². The Kier molecular flexibility index (Phi) is 5.09. The first-order valence-electron chi connectivity index (χ1n) is 6.93. The van der Waals surface area contributed by atoms with Crippen molar-refractivity contribution in [3.05, 3.63) is 35.9 Å². The van der Waals surface area contributed by atoms with Crippen LogP contribution in [-0.4, -0.2) is 46.0 Å². The lowest BCUT2D eigenvalue weighted by atomic mass is 10.2. The molecule has 0 radical (unpaired) electrons. The van der Waals surface area contributed by atoms with Gasteiger partial charge in [-0.15, -0.1) is 10.2 Å². The highest BCUT2D eigenvalue weighted by molar-refractivity contribution is 8.01. The van der Waals surface area contributed by atoms with Gasteiger partial charge in [0.05, 0.1) is 12.3 Å². The van der Waals surface area contributed by atoms with Gasteiger partial charge in [0.25, 0.3) is 0 Å². The number of hydrogen-bond donors (Lipinski definition) is 1. The number of benzene rings is 1. The number of aromatic nitrogens is 2. The second-order valence-electron chi connectivity index (χ2n) is 4.66. The number of rotatable bonds is 6. The van der Waals surface area contributed by atoms with E-state index in [0.29, 0.717) is 22.6 Å². The largest absolute Gasteiger partial charge is 0.447 e. The quantitative estimate of drug-likeness (QED) is 0.800. The zero-order valence-corrected chi connectivity index (χ0v) is 13.7. The summed E-state index contributed by atoms with van der Waals surface area (Å²) in [6.45, 7) is 1.25. The van der Waals surface area contributed by atoms with Gasteiger partial charge in [0.1, 0.15) is 6.61 Å². The Labute approximate surface area is 141 Å². The van der Waals surface area contributed by atoms with E-state index in [1.165, 1.54) is 23.1 Å². The highest BCUT2D eigenvalue weighted by atomic mass is 32.2. The maximum atomic E-state index is 11.9. The number of carbonyl (C=O) groups excluding carboxylic acids is 2. The van der Waals surface area contributed by atoms with Crippen LogP contribution in [0.5, 0.6) is 0 Å². The number of nitrogens with one attached hydrogen (secondary N) is 1. The lowest BCUT2D eigenvalue weighted by molar-refractivity contribution is -0.125. The molecule has 1 saturated heterocycles. The van der Waals surface area contributed by atoms with Crippen molar-refractivity contribution in [3.63, 3.8) is 0 Å². The molecule has 1 aromatic heterocycles. The Balaban J connectivity index is 1.47. The number of nitrogens with zero attached hydrogens (tertiary/aromatic N) is 3. The molecule has 0 unspecified atom stereocenters. The lowest BCUT2D eigenvalue weighted by Gasteiger charge is -2.08. The van der Waals surface area contributed by atoms with Gasteiger partial charge in [-0.2, -0.15) is 0 Å². The zero-order valence-electron chi connectivity index (χ0n) is 12.1. The predicted octanol–water partition coefficient (Wildman–Crippen LogP) is 2.22. The molecule has 3 rings (SSSR count). The van der Waals surface area contributed by atoms with E-state index >= 15 is 0 Å². The third-order valence-corrected chi connectivity index (χ3v) is 5.07. The maximum Gasteiger partial charge on any atom is 0.416 e. The van der Waals surface area contributed by atoms with Crippen LogP contribution in [0.15, 0.2) is 34.7 Å². The van der Waals surface area contributed by atoms with Gasteiger partial charge in [0.2, 0.25) is 11.0 Å². The van der Waals surface area contributed by atoms with Crippen molar-refractivity contribution in [2.24, 2.45) is 0 Å². The summed E-state index contributed by atoms with van der Waals surface area (Å²) in [5.74, 6) is -0.130. The SMILES string of the molecule is O=C(CSc1nnc(NCc2ccccc2)s1)N1CCOC1=O. The van der Waals surface area contributed by atoms with Crippen LogP contribution < -0.4 is 5.32 Å². The number of imide groups is 1. The molecule has 0 aliphatic carbocycles. The number of carbonyl (C=O) groups is 2. The molecule has 2 aromatic rings. The molecule has 2 heterocycles. The summed E-state index contributed by atoms with van der Waals surface area (Å²) in [5.41, 5.74) is 1.15. The van der Waals surface area contributed by atoms with Crippen LogP contribution in [-0.2, 0) is 16.1 Å². The first-order valence-corrected chi connectivity index (χ1v) is 8.74. The Morgan fingerprint density at radius 2 is 2.17 bits per heavy atom.